The van der Waals surface area contributed by atoms with Crippen molar-refractivity contribution < 1.29 is 53.8 Å². The molecule has 4 aromatic carbocycles. The third-order valence-electron chi connectivity index (χ3n) is 15.1. The van der Waals surface area contributed by atoms with Gasteiger partial charge in [0.1, 0.15) is 17.3 Å². The highest BCUT2D eigenvalue weighted by molar-refractivity contribution is 5.79. The SMILES string of the molecule is CCC(C)/C=C/CCCCC(=O)CCc1ccc(O)c(OC)c1.CCCCCCCCCCc1ccc(O)c(OC)c1.COc1cc(CCC(=O)CCCC/C=C/CC(C)C)ccc1O.COc1cc(CCC(=O)CCCCCC(C)C)ccc1O. The van der Waals surface area contributed by atoms with Crippen molar-refractivity contribution in [1.29, 1.82) is 0 Å². The zero-order chi connectivity index (χ0) is 63.7. The van der Waals surface area contributed by atoms with Crippen molar-refractivity contribution in [2.75, 3.05) is 28.4 Å². The molecule has 482 valence electrons. The molecule has 4 rings (SSSR count). The van der Waals surface area contributed by atoms with Crippen LogP contribution in [0.15, 0.2) is 97.1 Å². The Morgan fingerprint density at radius 2 is 0.744 bits per heavy atom. The predicted molar refractivity (Wildman–Crippen MR) is 357 cm³/mol. The summed E-state index contributed by atoms with van der Waals surface area (Å²) in [6.07, 6.45) is 39.7. The van der Waals surface area contributed by atoms with Gasteiger partial charge in [-0.3, -0.25) is 14.4 Å². The van der Waals surface area contributed by atoms with E-state index in [0.29, 0.717) is 110 Å². The molecule has 11 nitrogen and oxygen atoms in total. The predicted octanol–water partition coefficient (Wildman–Crippen LogP) is 19.7. The zero-order valence-electron chi connectivity index (χ0n) is 55.3. The van der Waals surface area contributed by atoms with Crippen LogP contribution < -0.4 is 18.9 Å². The first-order valence-electron chi connectivity index (χ1n) is 32.7. The number of ketones is 3. The summed E-state index contributed by atoms with van der Waals surface area (Å²) in [7, 11) is 6.18. The zero-order valence-corrected chi connectivity index (χ0v) is 55.3. The number of aromatic hydroxyl groups is 4. The van der Waals surface area contributed by atoms with Gasteiger partial charge in [-0.15, -0.1) is 0 Å². The lowest BCUT2D eigenvalue weighted by molar-refractivity contribution is -0.120. The molecule has 0 aliphatic carbocycles. The second-order valence-corrected chi connectivity index (χ2v) is 23.8. The van der Waals surface area contributed by atoms with Gasteiger partial charge in [-0.2, -0.15) is 0 Å². The van der Waals surface area contributed by atoms with Gasteiger partial charge in [0.05, 0.1) is 28.4 Å². The molecule has 4 aromatic rings. The van der Waals surface area contributed by atoms with Crippen LogP contribution in [0.5, 0.6) is 46.0 Å². The molecular weight excluding hydrogens is 1080 g/mol. The Kier molecular flexibility index (Phi) is 45.1. The van der Waals surface area contributed by atoms with Crippen LogP contribution in [0.25, 0.3) is 0 Å². The summed E-state index contributed by atoms with van der Waals surface area (Å²) in [6.45, 7) is 15.6. The highest BCUT2D eigenvalue weighted by atomic mass is 16.5. The number of aryl methyl sites for hydroxylation is 4. The minimum absolute atomic E-state index is 0.132. The van der Waals surface area contributed by atoms with Crippen molar-refractivity contribution in [3.63, 3.8) is 0 Å². The summed E-state index contributed by atoms with van der Waals surface area (Å²) >= 11 is 0. The molecule has 0 aliphatic heterocycles. The molecule has 0 heterocycles. The first kappa shape index (κ1) is 77.8. The van der Waals surface area contributed by atoms with E-state index in [0.717, 1.165) is 86.8 Å². The number of carbonyl (C=O) groups excluding carboxylic acids is 3. The monoisotopic (exact) mass is 1190 g/mol. The molecule has 0 radical (unpaired) electrons. The van der Waals surface area contributed by atoms with Crippen LogP contribution in [0.4, 0.5) is 0 Å². The van der Waals surface area contributed by atoms with Crippen LogP contribution in [0.3, 0.4) is 0 Å². The lowest BCUT2D eigenvalue weighted by atomic mass is 10.0. The maximum Gasteiger partial charge on any atom is 0.160 e. The van der Waals surface area contributed by atoms with Gasteiger partial charge in [0.2, 0.25) is 0 Å². The van der Waals surface area contributed by atoms with Crippen molar-refractivity contribution in [3.05, 3.63) is 119 Å². The van der Waals surface area contributed by atoms with E-state index in [4.69, 9.17) is 18.9 Å². The van der Waals surface area contributed by atoms with Crippen molar-refractivity contribution >= 4 is 17.3 Å². The van der Waals surface area contributed by atoms with Crippen LogP contribution in [-0.2, 0) is 40.1 Å². The normalized spacial score (nSPS) is 11.4. The van der Waals surface area contributed by atoms with E-state index in [2.05, 4.69) is 72.8 Å². The number of hydrogen-bond donors (Lipinski definition) is 4. The summed E-state index contributed by atoms with van der Waals surface area (Å²) in [6, 6.07) is 21.4. The van der Waals surface area contributed by atoms with Gasteiger partial charge in [0.15, 0.2) is 46.0 Å². The van der Waals surface area contributed by atoms with E-state index in [-0.39, 0.29) is 23.0 Å². The number of ether oxygens (including phenoxy) is 4. The fourth-order valence-electron chi connectivity index (χ4n) is 9.37. The van der Waals surface area contributed by atoms with Crippen molar-refractivity contribution in [3.8, 4) is 46.0 Å². The highest BCUT2D eigenvalue weighted by Gasteiger charge is 2.10. The van der Waals surface area contributed by atoms with Crippen molar-refractivity contribution in [2.24, 2.45) is 17.8 Å². The van der Waals surface area contributed by atoms with Crippen LogP contribution in [0.1, 0.15) is 238 Å². The number of methoxy groups -OCH3 is 4. The molecule has 11 heteroatoms. The van der Waals surface area contributed by atoms with Crippen LogP contribution >= 0.6 is 0 Å². The van der Waals surface area contributed by atoms with E-state index in [9.17, 15) is 34.8 Å². The smallest absolute Gasteiger partial charge is 0.160 e. The third-order valence-corrected chi connectivity index (χ3v) is 15.1. The summed E-state index contributed by atoms with van der Waals surface area (Å²) < 4.78 is 20.3. The molecule has 0 fully saturated rings. The molecule has 1 atom stereocenters. The summed E-state index contributed by atoms with van der Waals surface area (Å²) in [5.74, 6) is 5.66. The van der Waals surface area contributed by atoms with Gasteiger partial charge in [-0.25, -0.2) is 0 Å². The summed E-state index contributed by atoms with van der Waals surface area (Å²) in [4.78, 5) is 35.7. The molecule has 0 saturated heterocycles. The number of benzene rings is 4. The topological polar surface area (TPSA) is 169 Å². The minimum Gasteiger partial charge on any atom is -0.504 e. The number of allylic oxidation sites excluding steroid dienone is 4. The van der Waals surface area contributed by atoms with Gasteiger partial charge >= 0.3 is 0 Å². The Morgan fingerprint density at radius 1 is 0.395 bits per heavy atom. The first-order valence-corrected chi connectivity index (χ1v) is 32.7. The van der Waals surface area contributed by atoms with E-state index in [1.807, 2.05) is 30.3 Å². The van der Waals surface area contributed by atoms with Crippen LogP contribution in [0, 0.1) is 17.8 Å². The van der Waals surface area contributed by atoms with Crippen LogP contribution in [0.2, 0.25) is 0 Å². The number of hydrogen-bond acceptors (Lipinski definition) is 11. The standard InChI is InChI=1S/2C20H30O3.C18H28O3.C17H28O2/c1-16(2)9-7-5-4-6-8-10-18(21)13-11-17-12-14-19(22)20(15-17)23-3;1-4-16(2)9-7-5-6-8-10-18(21)13-11-17-12-14-19(22)20(15-17)23-3;1-14(2)7-5-4-6-8-16(19)11-9-15-10-12-17(20)18(13-15)21-3;1-3-4-5-6-7-8-9-10-11-15-12-13-16(18)17(14-15)19-2/h5,7,12,14-16,22H,4,6,8-11,13H2,1-3H3;7,9,12,14-16,22H,4-6,8,10-11,13H2,1-3H3;10,12-14,20H,4-9,11H2,1-3H3;12-14,18H,3-11H2,1-2H3/b7-5+;9-7+;;. The second-order valence-electron chi connectivity index (χ2n) is 23.8. The number of phenolic OH excluding ortho intramolecular Hbond substituents is 4. The Bertz CT molecular complexity index is 2470. The van der Waals surface area contributed by atoms with Crippen molar-refractivity contribution in [2.45, 2.75) is 241 Å². The van der Waals surface area contributed by atoms with Gasteiger partial charge in [0.25, 0.3) is 0 Å². The molecule has 0 amide bonds. The fourth-order valence-corrected chi connectivity index (χ4v) is 9.37. The molecule has 86 heavy (non-hydrogen) atoms. The number of unbranched alkanes of at least 4 members (excludes halogenated alkanes) is 13. The Hall–Kier alpha value is -6.23. The number of Topliss-reactive ketones (excluding diaryl/α,β-unsaturated/α-hetero) is 3. The van der Waals surface area contributed by atoms with E-state index >= 15 is 0 Å². The quantitative estimate of drug-likeness (QED) is 0.0246. The van der Waals surface area contributed by atoms with Crippen LogP contribution in [-0.4, -0.2) is 66.2 Å². The average molecular weight is 1190 g/mol. The van der Waals surface area contributed by atoms with Gasteiger partial charge in [0, 0.05) is 38.5 Å². The largest absolute Gasteiger partial charge is 0.504 e. The molecule has 4 N–H and O–H groups in total. The molecule has 0 bridgehead atoms. The number of phenols is 4. The first-order chi connectivity index (χ1) is 41.4. The molecular formula is C75H116O11. The van der Waals surface area contributed by atoms with E-state index in [1.54, 1.807) is 49.6 Å². The highest BCUT2D eigenvalue weighted by Crippen LogP contribution is 2.30. The average Bonchev–Trinajstić information content (AvgIpc) is 3.69. The van der Waals surface area contributed by atoms with Gasteiger partial charge in [-0.1, -0.05) is 168 Å². The lowest BCUT2D eigenvalue weighted by Gasteiger charge is -2.07. The van der Waals surface area contributed by atoms with Gasteiger partial charge < -0.3 is 39.4 Å². The van der Waals surface area contributed by atoms with Crippen molar-refractivity contribution in [1.82, 2.24) is 0 Å². The number of rotatable bonds is 42. The molecule has 0 aromatic heterocycles. The Morgan fingerprint density at radius 3 is 1.10 bits per heavy atom. The lowest BCUT2D eigenvalue weighted by Crippen LogP contribution is -2.00. The van der Waals surface area contributed by atoms with E-state index in [1.165, 1.54) is 97.5 Å². The maximum atomic E-state index is 11.9. The molecule has 0 spiro atoms. The third kappa shape index (κ3) is 39.5. The maximum absolute atomic E-state index is 11.9. The minimum atomic E-state index is 0.132. The molecule has 0 aliphatic rings. The Balaban J connectivity index is 0.000000575. The summed E-state index contributed by atoms with van der Waals surface area (Å²) in [5, 5.41) is 38.2. The van der Waals surface area contributed by atoms with Gasteiger partial charge in [-0.05, 0) is 172 Å². The fraction of sp³-hybridized carbons (Fsp3) is 0.587. The second kappa shape index (κ2) is 49.8. The Labute approximate surface area is 521 Å². The molecule has 1 unspecified atom stereocenters. The van der Waals surface area contributed by atoms with E-state index < -0.39 is 0 Å². The molecule has 0 saturated carbocycles. The summed E-state index contributed by atoms with van der Waals surface area (Å²) in [5.41, 5.74) is 4.31. The number of carbonyl (C=O) groups is 3.